The van der Waals surface area contributed by atoms with E-state index in [1.165, 1.54) is 18.3 Å². The van der Waals surface area contributed by atoms with Crippen molar-refractivity contribution in [2.24, 2.45) is 0 Å². The highest BCUT2D eigenvalue weighted by Crippen LogP contribution is 2.29. The Bertz CT molecular complexity index is 1390. The van der Waals surface area contributed by atoms with E-state index in [2.05, 4.69) is 15.2 Å². The van der Waals surface area contributed by atoms with E-state index < -0.39 is 29.4 Å². The molecule has 194 valence electrons. The Morgan fingerprint density at radius 3 is 2.62 bits per heavy atom. The van der Waals surface area contributed by atoms with Crippen LogP contribution < -0.4 is 16.8 Å². The molecule has 1 aromatic carbocycles. The van der Waals surface area contributed by atoms with Gasteiger partial charge in [-0.25, -0.2) is 14.2 Å². The first-order chi connectivity index (χ1) is 17.8. The first-order valence-electron chi connectivity index (χ1n) is 12.2. The number of nitrogens with two attached hydrogens (primary N) is 1. The summed E-state index contributed by atoms with van der Waals surface area (Å²) in [6.07, 6.45) is 3.82. The number of anilines is 1. The third-order valence-electron chi connectivity index (χ3n) is 7.01. The number of likely N-dealkylation sites (tertiary alicyclic amines) is 1. The van der Waals surface area contributed by atoms with Crippen molar-refractivity contribution in [3.8, 4) is 22.6 Å². The number of carbonyl (C=O) groups is 2. The van der Waals surface area contributed by atoms with Crippen LogP contribution in [0.1, 0.15) is 37.3 Å². The van der Waals surface area contributed by atoms with Gasteiger partial charge in [0.15, 0.2) is 5.76 Å². The molecule has 10 nitrogen and oxygen atoms in total. The van der Waals surface area contributed by atoms with Gasteiger partial charge in [-0.1, -0.05) is 12.1 Å². The fourth-order valence-electron chi connectivity index (χ4n) is 4.86. The fourth-order valence-corrected chi connectivity index (χ4v) is 4.86. The van der Waals surface area contributed by atoms with Crippen LogP contribution in [0.15, 0.2) is 45.7 Å². The van der Waals surface area contributed by atoms with Crippen molar-refractivity contribution in [2.45, 2.75) is 44.4 Å². The maximum absolute atomic E-state index is 15.1. The Hall–Kier alpha value is -3.83. The second-order valence-corrected chi connectivity index (χ2v) is 9.38. The predicted molar refractivity (Wildman–Crippen MR) is 133 cm³/mol. The minimum atomic E-state index is -0.887. The number of nitrogens with one attached hydrogen (secondary N) is 1. The van der Waals surface area contributed by atoms with Crippen LogP contribution >= 0.6 is 0 Å². The summed E-state index contributed by atoms with van der Waals surface area (Å²) < 4.78 is 26.9. The lowest BCUT2D eigenvalue weighted by atomic mass is 10.0. The molecule has 0 radical (unpaired) electrons. The van der Waals surface area contributed by atoms with Gasteiger partial charge in [0.25, 0.3) is 0 Å². The van der Waals surface area contributed by atoms with Crippen LogP contribution in [0, 0.1) is 5.82 Å². The van der Waals surface area contributed by atoms with Crippen LogP contribution in [0.2, 0.25) is 0 Å². The highest BCUT2D eigenvalue weighted by molar-refractivity contribution is 5.99. The number of hydrogen-bond acceptors (Lipinski definition) is 8. The van der Waals surface area contributed by atoms with E-state index in [4.69, 9.17) is 14.9 Å². The van der Waals surface area contributed by atoms with Crippen LogP contribution in [0.25, 0.3) is 22.6 Å². The average Bonchev–Trinajstić information content (AvgIpc) is 3.26. The summed E-state index contributed by atoms with van der Waals surface area (Å²) in [6, 6.07) is 7.28. The first kappa shape index (κ1) is 24.8. The molecule has 2 aromatic heterocycles. The lowest BCUT2D eigenvalue weighted by molar-refractivity contribution is -0.135. The van der Waals surface area contributed by atoms with Gasteiger partial charge in [0.05, 0.1) is 23.6 Å². The zero-order chi connectivity index (χ0) is 26.1. The minimum Gasteiger partial charge on any atom is -0.408 e. The SMILES string of the molecule is COC1CCN(Cc2ccc(-c3ccc(-c4cn(C5CCC(=O)NC5=O)c(=O)o4)c(F)c3)nc2N)CC1. The predicted octanol–water partition coefficient (Wildman–Crippen LogP) is 2.48. The van der Waals surface area contributed by atoms with Gasteiger partial charge < -0.3 is 14.9 Å². The zero-order valence-corrected chi connectivity index (χ0v) is 20.4. The van der Waals surface area contributed by atoms with Crippen molar-refractivity contribution in [2.75, 3.05) is 25.9 Å². The van der Waals surface area contributed by atoms with Crippen LogP contribution in [0.5, 0.6) is 0 Å². The lowest BCUT2D eigenvalue weighted by Gasteiger charge is -2.31. The van der Waals surface area contributed by atoms with E-state index in [0.29, 0.717) is 29.7 Å². The Morgan fingerprint density at radius 2 is 1.95 bits per heavy atom. The molecule has 3 N–H and O–H groups in total. The third kappa shape index (κ3) is 5.18. The molecule has 0 saturated carbocycles. The van der Waals surface area contributed by atoms with E-state index in [1.54, 1.807) is 13.2 Å². The molecule has 2 aliphatic rings. The standard InChI is InChI=1S/C26H28FN5O5/c1-36-17-8-10-31(11-9-17)13-16-3-5-20(29-24(16)28)15-2-4-18(19(27)12-15)22-14-32(26(35)37-22)21-6-7-23(33)30-25(21)34/h2-5,12,14,17,21H,6-11,13H2,1H3,(H2,28,29)(H,30,33,34). The summed E-state index contributed by atoms with van der Waals surface area (Å²) in [7, 11) is 1.74. The number of carbonyl (C=O) groups excluding carboxylic acids is 2. The van der Waals surface area contributed by atoms with Gasteiger partial charge in [-0.2, -0.15) is 0 Å². The van der Waals surface area contributed by atoms with Crippen molar-refractivity contribution in [3.63, 3.8) is 0 Å². The van der Waals surface area contributed by atoms with Crippen LogP contribution in [-0.4, -0.2) is 52.6 Å². The van der Waals surface area contributed by atoms with Gasteiger partial charge in [0, 0.05) is 44.3 Å². The van der Waals surface area contributed by atoms with Crippen molar-refractivity contribution >= 4 is 17.6 Å². The molecule has 2 saturated heterocycles. The molecule has 0 spiro atoms. The van der Waals surface area contributed by atoms with Gasteiger partial charge in [-0.15, -0.1) is 0 Å². The Labute approximate surface area is 212 Å². The highest BCUT2D eigenvalue weighted by atomic mass is 19.1. The van der Waals surface area contributed by atoms with E-state index in [-0.39, 0.29) is 24.2 Å². The van der Waals surface area contributed by atoms with Crippen LogP contribution in [-0.2, 0) is 20.9 Å². The number of methoxy groups -OCH3 is 1. The third-order valence-corrected chi connectivity index (χ3v) is 7.01. The highest BCUT2D eigenvalue weighted by Gasteiger charge is 2.30. The van der Waals surface area contributed by atoms with E-state index in [9.17, 15) is 14.4 Å². The first-order valence-corrected chi connectivity index (χ1v) is 12.2. The van der Waals surface area contributed by atoms with E-state index in [0.717, 1.165) is 36.1 Å². The van der Waals surface area contributed by atoms with Crippen molar-refractivity contribution in [1.29, 1.82) is 0 Å². The number of rotatable bonds is 6. The number of halogens is 1. The maximum Gasteiger partial charge on any atom is 0.420 e. The van der Waals surface area contributed by atoms with Gasteiger partial charge in [-0.05, 0) is 37.5 Å². The Morgan fingerprint density at radius 1 is 1.16 bits per heavy atom. The number of nitrogens with zero attached hydrogens (tertiary/aromatic N) is 3. The number of hydrogen-bond donors (Lipinski definition) is 2. The Kier molecular flexibility index (Phi) is 6.90. The topological polar surface area (TPSA) is 133 Å². The fraction of sp³-hybridized carbons (Fsp3) is 0.385. The van der Waals surface area contributed by atoms with Gasteiger partial charge in [-0.3, -0.25) is 24.4 Å². The van der Waals surface area contributed by atoms with Crippen LogP contribution in [0.3, 0.4) is 0 Å². The average molecular weight is 510 g/mol. The monoisotopic (exact) mass is 509 g/mol. The molecule has 3 aromatic rings. The Balaban J connectivity index is 1.32. The van der Waals surface area contributed by atoms with Gasteiger partial charge in [0.1, 0.15) is 17.7 Å². The molecular formula is C26H28FN5O5. The summed E-state index contributed by atoms with van der Waals surface area (Å²) in [5, 5.41) is 2.20. The summed E-state index contributed by atoms with van der Waals surface area (Å²) in [6.45, 7) is 2.54. The summed E-state index contributed by atoms with van der Waals surface area (Å²) in [5.41, 5.74) is 8.25. The lowest BCUT2D eigenvalue weighted by Crippen LogP contribution is -2.43. The number of amides is 2. The maximum atomic E-state index is 15.1. The number of nitrogen functional groups attached to an aromatic ring is 1. The number of imide groups is 1. The van der Waals surface area contributed by atoms with Crippen molar-refractivity contribution in [3.05, 3.63) is 58.5 Å². The second-order valence-electron chi connectivity index (χ2n) is 9.38. The molecular weight excluding hydrogens is 481 g/mol. The molecule has 2 fully saturated rings. The van der Waals surface area contributed by atoms with E-state index >= 15 is 4.39 Å². The molecule has 1 atom stereocenters. The molecule has 2 amide bonds. The van der Waals surface area contributed by atoms with E-state index in [1.807, 2.05) is 12.1 Å². The number of aromatic nitrogens is 2. The number of piperidine rings is 2. The van der Waals surface area contributed by atoms with Gasteiger partial charge >= 0.3 is 5.76 Å². The molecule has 4 heterocycles. The summed E-state index contributed by atoms with van der Waals surface area (Å²) >= 11 is 0. The minimum absolute atomic E-state index is 0.0150. The summed E-state index contributed by atoms with van der Waals surface area (Å²) in [5.74, 6) is -2.03. The zero-order valence-electron chi connectivity index (χ0n) is 20.4. The number of ether oxygens (including phenoxy) is 1. The van der Waals surface area contributed by atoms with Crippen molar-refractivity contribution in [1.82, 2.24) is 19.8 Å². The molecule has 11 heteroatoms. The summed E-state index contributed by atoms with van der Waals surface area (Å²) in [4.78, 5) is 42.7. The molecule has 5 rings (SSSR count). The normalized spacial score (nSPS) is 19.2. The second kappa shape index (κ2) is 10.3. The molecule has 0 aliphatic carbocycles. The van der Waals surface area contributed by atoms with Crippen LogP contribution in [0.4, 0.5) is 10.2 Å². The number of oxazole rings is 1. The number of pyridine rings is 1. The molecule has 1 unspecified atom stereocenters. The molecule has 37 heavy (non-hydrogen) atoms. The largest absolute Gasteiger partial charge is 0.420 e. The molecule has 2 aliphatic heterocycles. The van der Waals surface area contributed by atoms with Crippen molar-refractivity contribution < 1.29 is 23.1 Å². The molecule has 0 bridgehead atoms. The number of benzene rings is 1. The van der Waals surface area contributed by atoms with Gasteiger partial charge in [0.2, 0.25) is 11.8 Å². The quantitative estimate of drug-likeness (QED) is 0.485. The smallest absolute Gasteiger partial charge is 0.408 e.